The highest BCUT2D eigenvalue weighted by Gasteiger charge is 2.42. The van der Waals surface area contributed by atoms with Crippen molar-refractivity contribution in [3.05, 3.63) is 34.6 Å². The van der Waals surface area contributed by atoms with Gasteiger partial charge in [-0.25, -0.2) is 4.39 Å². The van der Waals surface area contributed by atoms with Crippen LogP contribution < -0.4 is 11.3 Å². The van der Waals surface area contributed by atoms with Gasteiger partial charge in [0.25, 0.3) is 0 Å². The molecule has 0 saturated heterocycles. The maximum atomic E-state index is 13.6. The first kappa shape index (κ1) is 16.7. The molecule has 0 radical (unpaired) electrons. The average molecular weight is 315 g/mol. The van der Waals surface area contributed by atoms with Crippen molar-refractivity contribution in [2.45, 2.75) is 50.7 Å². The zero-order valence-electron chi connectivity index (χ0n) is 12.7. The summed E-state index contributed by atoms with van der Waals surface area (Å²) in [5, 5.41) is 0.174. The van der Waals surface area contributed by atoms with Gasteiger partial charge in [0.15, 0.2) is 0 Å². The monoisotopic (exact) mass is 314 g/mol. The van der Waals surface area contributed by atoms with Crippen LogP contribution in [0.2, 0.25) is 5.02 Å². The third-order valence-corrected chi connectivity index (χ3v) is 5.11. The minimum atomic E-state index is -0.395. The highest BCUT2D eigenvalue weighted by atomic mass is 35.5. The molecule has 0 aromatic heterocycles. The van der Waals surface area contributed by atoms with Crippen molar-refractivity contribution < 1.29 is 9.13 Å². The van der Waals surface area contributed by atoms with Crippen LogP contribution >= 0.6 is 11.6 Å². The van der Waals surface area contributed by atoms with Crippen molar-refractivity contribution in [3.63, 3.8) is 0 Å². The Morgan fingerprint density at radius 3 is 2.95 bits per heavy atom. The van der Waals surface area contributed by atoms with Gasteiger partial charge in [-0.15, -0.1) is 0 Å². The molecule has 3 atom stereocenters. The highest BCUT2D eigenvalue weighted by molar-refractivity contribution is 6.31. The van der Waals surface area contributed by atoms with E-state index in [-0.39, 0.29) is 16.7 Å². The van der Waals surface area contributed by atoms with Crippen LogP contribution in [0.15, 0.2) is 18.2 Å². The van der Waals surface area contributed by atoms with E-state index in [1.165, 1.54) is 12.5 Å². The van der Waals surface area contributed by atoms with Crippen molar-refractivity contribution >= 4 is 11.6 Å². The van der Waals surface area contributed by atoms with Gasteiger partial charge in [-0.1, -0.05) is 43.5 Å². The maximum Gasteiger partial charge on any atom is 0.142 e. The van der Waals surface area contributed by atoms with Gasteiger partial charge in [0.05, 0.1) is 16.7 Å². The number of nitrogens with two attached hydrogens (primary N) is 1. The number of hydrazine groups is 1. The number of hydrogen-bond acceptors (Lipinski definition) is 3. The third-order valence-electron chi connectivity index (χ3n) is 4.69. The van der Waals surface area contributed by atoms with E-state index < -0.39 is 5.82 Å². The maximum absolute atomic E-state index is 13.6. The molecule has 0 spiro atoms. The lowest BCUT2D eigenvalue weighted by atomic mass is 9.73. The normalized spacial score (nSPS) is 27.6. The Morgan fingerprint density at radius 1 is 1.57 bits per heavy atom. The number of nitrogens with one attached hydrogen (secondary N) is 1. The third kappa shape index (κ3) is 3.57. The Hall–Kier alpha value is -0.680. The summed E-state index contributed by atoms with van der Waals surface area (Å²) in [5.41, 5.74) is 3.31. The summed E-state index contributed by atoms with van der Waals surface area (Å²) in [6, 6.07) is 4.79. The predicted molar refractivity (Wildman–Crippen MR) is 83.6 cm³/mol. The van der Waals surface area contributed by atoms with Crippen molar-refractivity contribution in [3.8, 4) is 0 Å². The molecule has 3 nitrogen and oxygen atoms in total. The SMILES string of the molecule is COC1(C(Cc2cccc(F)c2Cl)NN)CCCC(C)C1. The summed E-state index contributed by atoms with van der Waals surface area (Å²) < 4.78 is 19.5. The zero-order valence-corrected chi connectivity index (χ0v) is 13.4. The molecule has 0 amide bonds. The van der Waals surface area contributed by atoms with Crippen LogP contribution in [-0.2, 0) is 11.2 Å². The van der Waals surface area contributed by atoms with Crippen molar-refractivity contribution in [1.82, 2.24) is 5.43 Å². The predicted octanol–water partition coefficient (Wildman–Crippen LogP) is 3.45. The molecule has 5 heteroatoms. The molecule has 1 aliphatic rings. The summed E-state index contributed by atoms with van der Waals surface area (Å²) >= 11 is 6.07. The summed E-state index contributed by atoms with van der Waals surface area (Å²) in [6.45, 7) is 2.23. The lowest BCUT2D eigenvalue weighted by Crippen LogP contribution is -2.57. The van der Waals surface area contributed by atoms with Gasteiger partial charge in [-0.2, -0.15) is 0 Å². The first-order valence-electron chi connectivity index (χ1n) is 7.46. The minimum Gasteiger partial charge on any atom is -0.377 e. The largest absolute Gasteiger partial charge is 0.377 e. The fraction of sp³-hybridized carbons (Fsp3) is 0.625. The molecule has 21 heavy (non-hydrogen) atoms. The molecule has 0 bridgehead atoms. The zero-order chi connectivity index (χ0) is 15.5. The Balaban J connectivity index is 2.23. The van der Waals surface area contributed by atoms with Gasteiger partial charge in [0, 0.05) is 7.11 Å². The molecule has 1 aromatic rings. The molecular weight excluding hydrogens is 291 g/mol. The summed E-state index contributed by atoms with van der Waals surface area (Å²) in [6.07, 6.45) is 4.78. The Morgan fingerprint density at radius 2 is 2.33 bits per heavy atom. The highest BCUT2D eigenvalue weighted by Crippen LogP contribution is 2.38. The molecule has 2 rings (SSSR count). The van der Waals surface area contributed by atoms with Crippen molar-refractivity contribution in [1.29, 1.82) is 0 Å². The summed E-state index contributed by atoms with van der Waals surface area (Å²) in [5.74, 6) is 5.98. The van der Waals surface area contributed by atoms with Crippen molar-refractivity contribution in [2.24, 2.45) is 11.8 Å². The lowest BCUT2D eigenvalue weighted by molar-refractivity contribution is -0.0791. The van der Waals surface area contributed by atoms with E-state index in [4.69, 9.17) is 22.2 Å². The molecule has 1 aromatic carbocycles. The average Bonchev–Trinajstić information content (AvgIpc) is 2.48. The number of ether oxygens (including phenoxy) is 1. The standard InChI is InChI=1S/C16H24ClFN2O/c1-11-5-4-8-16(10-11,21-2)14(20-19)9-12-6-3-7-13(18)15(12)17/h3,6-7,11,14,20H,4-5,8-10,19H2,1-2H3. The second-order valence-electron chi connectivity index (χ2n) is 6.11. The van der Waals surface area contributed by atoms with Crippen LogP contribution in [0.1, 0.15) is 38.2 Å². The molecule has 0 heterocycles. The lowest BCUT2D eigenvalue weighted by Gasteiger charge is -2.44. The Bertz CT molecular complexity index is 485. The number of rotatable bonds is 5. The molecule has 3 N–H and O–H groups in total. The van der Waals surface area contributed by atoms with Gasteiger partial charge in [-0.3, -0.25) is 11.3 Å². The minimum absolute atomic E-state index is 0.0930. The van der Waals surface area contributed by atoms with Gasteiger partial charge in [0.1, 0.15) is 5.82 Å². The molecule has 0 aliphatic heterocycles. The fourth-order valence-electron chi connectivity index (χ4n) is 3.51. The molecular formula is C16H24ClFN2O. The Kier molecular flexibility index (Phi) is 5.60. The Labute approximate surface area is 131 Å². The quantitative estimate of drug-likeness (QED) is 0.646. The van der Waals surface area contributed by atoms with E-state index in [9.17, 15) is 4.39 Å². The van der Waals surface area contributed by atoms with Gasteiger partial charge in [0.2, 0.25) is 0 Å². The van der Waals surface area contributed by atoms with E-state index in [1.807, 2.05) is 6.07 Å². The van der Waals surface area contributed by atoms with Gasteiger partial charge < -0.3 is 4.74 Å². The smallest absolute Gasteiger partial charge is 0.142 e. The van der Waals surface area contributed by atoms with Crippen molar-refractivity contribution in [2.75, 3.05) is 7.11 Å². The van der Waals surface area contributed by atoms with Crippen LogP contribution in [0.25, 0.3) is 0 Å². The van der Waals surface area contributed by atoms with E-state index >= 15 is 0 Å². The van der Waals surface area contributed by atoms with Crippen LogP contribution in [0.5, 0.6) is 0 Å². The van der Waals surface area contributed by atoms with Gasteiger partial charge in [-0.05, 0) is 36.8 Å². The second-order valence-corrected chi connectivity index (χ2v) is 6.48. The van der Waals surface area contributed by atoms with Gasteiger partial charge >= 0.3 is 0 Å². The second kappa shape index (κ2) is 7.05. The van der Waals surface area contributed by atoms with Crippen LogP contribution in [0.3, 0.4) is 0 Å². The molecule has 118 valence electrons. The number of halogens is 2. The molecule has 1 fully saturated rings. The first-order chi connectivity index (χ1) is 10.0. The first-order valence-corrected chi connectivity index (χ1v) is 7.84. The van der Waals surface area contributed by atoms with Crippen LogP contribution in [0, 0.1) is 11.7 Å². The van der Waals surface area contributed by atoms with E-state index in [1.54, 1.807) is 13.2 Å². The number of hydrogen-bond donors (Lipinski definition) is 2. The van der Waals surface area contributed by atoms with E-state index in [0.29, 0.717) is 12.3 Å². The van der Waals surface area contributed by atoms with Crippen LogP contribution in [-0.4, -0.2) is 18.8 Å². The molecule has 3 unspecified atom stereocenters. The molecule has 1 saturated carbocycles. The van der Waals surface area contributed by atoms with E-state index in [2.05, 4.69) is 12.3 Å². The van der Waals surface area contributed by atoms with Crippen LogP contribution in [0.4, 0.5) is 4.39 Å². The van der Waals surface area contributed by atoms with E-state index in [0.717, 1.165) is 24.8 Å². The number of benzene rings is 1. The summed E-state index contributed by atoms with van der Waals surface area (Å²) in [7, 11) is 1.73. The fourth-order valence-corrected chi connectivity index (χ4v) is 3.71. The summed E-state index contributed by atoms with van der Waals surface area (Å²) in [4.78, 5) is 0. The topological polar surface area (TPSA) is 47.3 Å². The molecule has 1 aliphatic carbocycles. The number of methoxy groups -OCH3 is 1.